The molecule has 1 aliphatic rings. The highest BCUT2D eigenvalue weighted by Gasteiger charge is 2.28. The van der Waals surface area contributed by atoms with Gasteiger partial charge in [0.2, 0.25) is 5.89 Å². The molecule has 152 valence electrons. The van der Waals surface area contributed by atoms with Gasteiger partial charge in [0.05, 0.1) is 12.2 Å². The summed E-state index contributed by atoms with van der Waals surface area (Å²) in [7, 11) is 0. The normalized spacial score (nSPS) is 16.1. The first-order valence-electron chi connectivity index (χ1n) is 10.3. The minimum Gasteiger partial charge on any atom is -0.439 e. The Balaban J connectivity index is 1.23. The van der Waals surface area contributed by atoms with Crippen LogP contribution in [0.15, 0.2) is 71.3 Å². The van der Waals surface area contributed by atoms with Gasteiger partial charge in [-0.2, -0.15) is 0 Å². The van der Waals surface area contributed by atoms with Crippen LogP contribution in [0.25, 0.3) is 22.2 Å². The van der Waals surface area contributed by atoms with Crippen LogP contribution in [-0.2, 0) is 0 Å². The molecule has 3 heterocycles. The van der Waals surface area contributed by atoms with Gasteiger partial charge < -0.3 is 14.3 Å². The van der Waals surface area contributed by atoms with Crippen molar-refractivity contribution in [1.82, 2.24) is 19.8 Å². The summed E-state index contributed by atoms with van der Waals surface area (Å²) in [4.78, 5) is 24.9. The van der Waals surface area contributed by atoms with Crippen LogP contribution in [0.1, 0.15) is 29.3 Å². The van der Waals surface area contributed by atoms with E-state index in [2.05, 4.69) is 21.8 Å². The molecule has 0 spiro atoms. The highest BCUT2D eigenvalue weighted by molar-refractivity contribution is 5.98. The Morgan fingerprint density at radius 1 is 1.03 bits per heavy atom. The molecule has 1 amide bonds. The zero-order chi connectivity index (χ0) is 20.5. The minimum absolute atomic E-state index is 0.0565. The fraction of sp³-hybridized carbons (Fsp3) is 0.250. The van der Waals surface area contributed by atoms with Crippen LogP contribution in [0, 0.1) is 0 Å². The minimum atomic E-state index is 0.0565. The van der Waals surface area contributed by atoms with E-state index in [4.69, 9.17) is 4.42 Å². The topological polar surface area (TPSA) is 65.4 Å². The Morgan fingerprint density at radius 3 is 2.53 bits per heavy atom. The fourth-order valence-electron chi connectivity index (χ4n) is 4.04. The van der Waals surface area contributed by atoms with E-state index in [9.17, 15) is 4.79 Å². The summed E-state index contributed by atoms with van der Waals surface area (Å²) in [6.45, 7) is 5.05. The van der Waals surface area contributed by atoms with Crippen LogP contribution in [0.4, 0.5) is 0 Å². The molecule has 6 heteroatoms. The maximum absolute atomic E-state index is 12.9. The quantitative estimate of drug-likeness (QED) is 0.553. The van der Waals surface area contributed by atoms with Crippen molar-refractivity contribution in [3.63, 3.8) is 0 Å². The number of rotatable bonds is 4. The second-order valence-electron chi connectivity index (χ2n) is 7.70. The third-order valence-corrected chi connectivity index (χ3v) is 5.85. The third kappa shape index (κ3) is 3.50. The second-order valence-corrected chi connectivity index (χ2v) is 7.70. The Hall–Kier alpha value is -3.38. The first-order valence-corrected chi connectivity index (χ1v) is 10.3. The lowest BCUT2D eigenvalue weighted by molar-refractivity contribution is 0.0555. The van der Waals surface area contributed by atoms with Crippen LogP contribution in [-0.4, -0.2) is 51.9 Å². The third-order valence-electron chi connectivity index (χ3n) is 5.85. The van der Waals surface area contributed by atoms with E-state index in [0.717, 1.165) is 35.3 Å². The van der Waals surface area contributed by atoms with Crippen LogP contribution in [0.2, 0.25) is 0 Å². The van der Waals surface area contributed by atoms with Crippen LogP contribution in [0.3, 0.4) is 0 Å². The molecule has 1 N–H and O–H groups in total. The Bertz CT molecular complexity index is 1120. The Labute approximate surface area is 175 Å². The number of oxazole rings is 1. The predicted octanol–water partition coefficient (Wildman–Crippen LogP) is 4.34. The molecule has 4 aromatic rings. The number of nitrogens with zero attached hydrogens (tertiary/aromatic N) is 3. The summed E-state index contributed by atoms with van der Waals surface area (Å²) in [5.41, 5.74) is 2.67. The van der Waals surface area contributed by atoms with Crippen molar-refractivity contribution in [3.05, 3.63) is 78.4 Å². The van der Waals surface area contributed by atoms with E-state index in [-0.39, 0.29) is 11.9 Å². The molecule has 1 saturated heterocycles. The number of carbonyl (C=O) groups is 1. The average molecular weight is 400 g/mol. The number of hydrogen-bond acceptors (Lipinski definition) is 4. The van der Waals surface area contributed by atoms with E-state index < -0.39 is 0 Å². The first kappa shape index (κ1) is 18.6. The SMILES string of the molecule is CC(c1ncc(-c2ccccc2)o1)N1CCN(C(=O)c2cc3ccccc3[nH]2)CC1. The zero-order valence-electron chi connectivity index (χ0n) is 16.9. The molecular formula is C24H24N4O2. The zero-order valence-corrected chi connectivity index (χ0v) is 16.9. The van der Waals surface area contributed by atoms with E-state index in [1.165, 1.54) is 0 Å². The molecular weight excluding hydrogens is 376 g/mol. The predicted molar refractivity (Wildman–Crippen MR) is 116 cm³/mol. The van der Waals surface area contributed by atoms with Crippen molar-refractivity contribution in [2.75, 3.05) is 26.2 Å². The van der Waals surface area contributed by atoms with Gasteiger partial charge in [-0.05, 0) is 19.1 Å². The lowest BCUT2D eigenvalue weighted by Gasteiger charge is -2.36. The van der Waals surface area contributed by atoms with Crippen molar-refractivity contribution in [1.29, 1.82) is 0 Å². The molecule has 1 unspecified atom stereocenters. The molecule has 0 bridgehead atoms. The van der Waals surface area contributed by atoms with Gasteiger partial charge in [0, 0.05) is 42.6 Å². The highest BCUT2D eigenvalue weighted by Crippen LogP contribution is 2.26. The van der Waals surface area contributed by atoms with Crippen LogP contribution < -0.4 is 0 Å². The number of benzene rings is 2. The summed E-state index contributed by atoms with van der Waals surface area (Å²) < 4.78 is 6.02. The number of piperazine rings is 1. The number of para-hydroxylation sites is 1. The van der Waals surface area contributed by atoms with Crippen molar-refractivity contribution >= 4 is 16.8 Å². The number of aromatic nitrogens is 2. The lowest BCUT2D eigenvalue weighted by atomic mass is 10.2. The summed E-state index contributed by atoms with van der Waals surface area (Å²) in [6.07, 6.45) is 1.79. The number of aromatic amines is 1. The molecule has 0 aliphatic carbocycles. The smallest absolute Gasteiger partial charge is 0.270 e. The Kier molecular flexibility index (Phi) is 4.85. The molecule has 1 aliphatic heterocycles. The molecule has 2 aromatic heterocycles. The number of nitrogens with one attached hydrogen (secondary N) is 1. The van der Waals surface area contributed by atoms with Crippen molar-refractivity contribution in [3.8, 4) is 11.3 Å². The van der Waals surface area contributed by atoms with Crippen molar-refractivity contribution in [2.45, 2.75) is 13.0 Å². The molecule has 0 radical (unpaired) electrons. The van der Waals surface area contributed by atoms with Gasteiger partial charge in [0.25, 0.3) is 5.91 Å². The maximum Gasteiger partial charge on any atom is 0.270 e. The molecule has 30 heavy (non-hydrogen) atoms. The second kappa shape index (κ2) is 7.80. The van der Waals surface area contributed by atoms with Gasteiger partial charge in [0.1, 0.15) is 5.69 Å². The molecule has 6 nitrogen and oxygen atoms in total. The van der Waals surface area contributed by atoms with Gasteiger partial charge in [-0.15, -0.1) is 0 Å². The van der Waals surface area contributed by atoms with E-state index >= 15 is 0 Å². The summed E-state index contributed by atoms with van der Waals surface area (Å²) in [5.74, 6) is 1.55. The standard InChI is InChI=1S/C24H24N4O2/c1-17(23-25-16-22(30-23)18-7-3-2-4-8-18)27-11-13-28(14-12-27)24(29)21-15-19-9-5-6-10-20(19)26-21/h2-10,15-17,26H,11-14H2,1H3. The maximum atomic E-state index is 12.9. The van der Waals surface area contributed by atoms with Gasteiger partial charge in [-0.1, -0.05) is 48.5 Å². The Morgan fingerprint density at radius 2 is 1.77 bits per heavy atom. The number of H-pyrrole nitrogens is 1. The van der Waals surface area contributed by atoms with Gasteiger partial charge in [-0.25, -0.2) is 4.98 Å². The molecule has 5 rings (SSSR count). The van der Waals surface area contributed by atoms with Gasteiger partial charge in [-0.3, -0.25) is 9.69 Å². The van der Waals surface area contributed by atoms with Gasteiger partial charge >= 0.3 is 0 Å². The molecule has 1 fully saturated rings. The highest BCUT2D eigenvalue weighted by atomic mass is 16.4. The molecule has 1 atom stereocenters. The number of amides is 1. The lowest BCUT2D eigenvalue weighted by Crippen LogP contribution is -2.49. The summed E-state index contributed by atoms with van der Waals surface area (Å²) >= 11 is 0. The molecule has 0 saturated carbocycles. The first-order chi connectivity index (χ1) is 14.7. The average Bonchev–Trinajstić information content (AvgIpc) is 3.46. The van der Waals surface area contributed by atoms with Crippen molar-refractivity contribution in [2.24, 2.45) is 0 Å². The summed E-state index contributed by atoms with van der Waals surface area (Å²) in [6, 6.07) is 20.0. The summed E-state index contributed by atoms with van der Waals surface area (Å²) in [5, 5.41) is 1.06. The largest absolute Gasteiger partial charge is 0.439 e. The molecule has 2 aromatic carbocycles. The fourth-order valence-corrected chi connectivity index (χ4v) is 4.04. The number of carbonyl (C=O) groups excluding carboxylic acids is 1. The number of hydrogen-bond donors (Lipinski definition) is 1. The number of fused-ring (bicyclic) bond motifs is 1. The van der Waals surface area contributed by atoms with E-state index in [1.54, 1.807) is 6.20 Å². The van der Waals surface area contributed by atoms with Crippen LogP contribution in [0.5, 0.6) is 0 Å². The van der Waals surface area contributed by atoms with Gasteiger partial charge in [0.15, 0.2) is 5.76 Å². The van der Waals surface area contributed by atoms with E-state index in [1.807, 2.05) is 65.6 Å². The van der Waals surface area contributed by atoms with Crippen LogP contribution >= 0.6 is 0 Å². The van der Waals surface area contributed by atoms with Crippen molar-refractivity contribution < 1.29 is 9.21 Å². The van der Waals surface area contributed by atoms with E-state index in [0.29, 0.717) is 24.7 Å². The monoisotopic (exact) mass is 400 g/mol.